The molecular formula is C29H32F3NO5. The van der Waals surface area contributed by atoms with Crippen LogP contribution in [0.2, 0.25) is 0 Å². The van der Waals surface area contributed by atoms with E-state index in [0.29, 0.717) is 45.4 Å². The highest BCUT2D eigenvalue weighted by atomic mass is 19.4. The van der Waals surface area contributed by atoms with Gasteiger partial charge in [0.25, 0.3) is 0 Å². The molecule has 1 atom stereocenters. The van der Waals surface area contributed by atoms with Gasteiger partial charge in [-0.25, -0.2) is 0 Å². The zero-order chi connectivity index (χ0) is 28.0. The van der Waals surface area contributed by atoms with Gasteiger partial charge in [-0.2, -0.15) is 13.2 Å². The minimum Gasteiger partial charge on any atom is -0.497 e. The Morgan fingerprint density at radius 2 is 1.58 bits per heavy atom. The molecular weight excluding hydrogens is 499 g/mol. The largest absolute Gasteiger partial charge is 0.497 e. The summed E-state index contributed by atoms with van der Waals surface area (Å²) in [6.45, 7) is 3.57. The Morgan fingerprint density at radius 3 is 2.16 bits per heavy atom. The molecule has 3 aromatic rings. The second-order valence-electron chi connectivity index (χ2n) is 8.59. The number of carbonyl (C=O) groups is 1. The number of alkyl halides is 3. The number of rotatable bonds is 10. The number of para-hydroxylation sites is 1. The summed E-state index contributed by atoms with van der Waals surface area (Å²) in [7, 11) is 6.00. The Hall–Kier alpha value is -3.88. The van der Waals surface area contributed by atoms with Crippen LogP contribution in [0.15, 0.2) is 54.6 Å². The van der Waals surface area contributed by atoms with Crippen LogP contribution in [-0.4, -0.2) is 34.3 Å². The summed E-state index contributed by atoms with van der Waals surface area (Å²) in [6, 6.07) is 13.9. The number of halogens is 3. The summed E-state index contributed by atoms with van der Waals surface area (Å²) in [5.41, 5.74) is 1.17. The third kappa shape index (κ3) is 5.98. The van der Waals surface area contributed by atoms with Crippen molar-refractivity contribution in [3.8, 4) is 23.0 Å². The molecule has 0 radical (unpaired) electrons. The summed E-state index contributed by atoms with van der Waals surface area (Å²) < 4.78 is 63.2. The normalized spacial score (nSPS) is 12.0. The van der Waals surface area contributed by atoms with Crippen LogP contribution in [0.5, 0.6) is 23.0 Å². The van der Waals surface area contributed by atoms with Gasteiger partial charge in [0.15, 0.2) is 11.5 Å². The molecule has 0 spiro atoms. The van der Waals surface area contributed by atoms with Gasteiger partial charge >= 0.3 is 6.18 Å². The van der Waals surface area contributed by atoms with E-state index in [-0.39, 0.29) is 18.9 Å². The minimum atomic E-state index is -4.57. The fourth-order valence-electron chi connectivity index (χ4n) is 4.40. The molecule has 0 bridgehead atoms. The van der Waals surface area contributed by atoms with Crippen LogP contribution in [-0.2, 0) is 17.5 Å². The molecule has 6 nitrogen and oxygen atoms in total. The van der Waals surface area contributed by atoms with E-state index < -0.39 is 17.7 Å². The fraction of sp³-hybridized carbons (Fsp3) is 0.345. The van der Waals surface area contributed by atoms with Crippen LogP contribution in [0.3, 0.4) is 0 Å². The first kappa shape index (κ1) is 28.7. The second-order valence-corrected chi connectivity index (χ2v) is 8.59. The number of anilines is 1. The molecule has 204 valence electrons. The van der Waals surface area contributed by atoms with Crippen molar-refractivity contribution >= 4 is 11.6 Å². The van der Waals surface area contributed by atoms with E-state index in [0.717, 1.165) is 12.1 Å². The molecule has 0 aliphatic heterocycles. The predicted octanol–water partition coefficient (Wildman–Crippen LogP) is 6.83. The van der Waals surface area contributed by atoms with Crippen molar-refractivity contribution < 1.29 is 36.9 Å². The first-order chi connectivity index (χ1) is 18.1. The number of carbonyl (C=O) groups excluding carboxylic acids is 1. The van der Waals surface area contributed by atoms with E-state index in [1.807, 2.05) is 0 Å². The van der Waals surface area contributed by atoms with Gasteiger partial charge in [0.2, 0.25) is 5.91 Å². The number of amides is 1. The number of hydrogen-bond acceptors (Lipinski definition) is 5. The number of ether oxygens (including phenoxy) is 4. The van der Waals surface area contributed by atoms with Crippen molar-refractivity contribution in [3.63, 3.8) is 0 Å². The maximum atomic E-state index is 13.8. The van der Waals surface area contributed by atoms with E-state index in [1.165, 1.54) is 39.4 Å². The van der Waals surface area contributed by atoms with Crippen molar-refractivity contribution in [3.05, 3.63) is 76.9 Å². The molecule has 0 aliphatic rings. The summed E-state index contributed by atoms with van der Waals surface area (Å²) in [5.74, 6) is 1.10. The highest BCUT2D eigenvalue weighted by molar-refractivity contribution is 5.94. The van der Waals surface area contributed by atoms with E-state index in [4.69, 9.17) is 18.9 Å². The van der Waals surface area contributed by atoms with Crippen LogP contribution < -0.4 is 23.8 Å². The lowest BCUT2D eigenvalue weighted by Gasteiger charge is -2.29. The molecule has 38 heavy (non-hydrogen) atoms. The maximum absolute atomic E-state index is 13.8. The minimum absolute atomic E-state index is 0.0835. The summed E-state index contributed by atoms with van der Waals surface area (Å²) in [4.78, 5) is 14.7. The zero-order valence-corrected chi connectivity index (χ0v) is 22.3. The van der Waals surface area contributed by atoms with Crippen LogP contribution in [0.25, 0.3) is 0 Å². The van der Waals surface area contributed by atoms with Crippen LogP contribution in [0.4, 0.5) is 18.9 Å². The third-order valence-electron chi connectivity index (χ3n) is 6.44. The van der Waals surface area contributed by atoms with E-state index in [2.05, 4.69) is 0 Å². The maximum Gasteiger partial charge on any atom is 0.416 e. The predicted molar refractivity (Wildman–Crippen MR) is 140 cm³/mol. The summed E-state index contributed by atoms with van der Waals surface area (Å²) in [5, 5.41) is 0. The Bertz CT molecular complexity index is 1280. The zero-order valence-electron chi connectivity index (χ0n) is 22.3. The molecule has 0 N–H and O–H groups in total. The second kappa shape index (κ2) is 12.1. The van der Waals surface area contributed by atoms with E-state index in [9.17, 15) is 18.0 Å². The molecule has 9 heteroatoms. The molecule has 0 saturated carbocycles. The highest BCUT2D eigenvalue weighted by Crippen LogP contribution is 2.43. The van der Waals surface area contributed by atoms with Gasteiger partial charge in [-0.3, -0.25) is 4.79 Å². The molecule has 0 aliphatic carbocycles. The lowest BCUT2D eigenvalue weighted by Crippen LogP contribution is -2.31. The van der Waals surface area contributed by atoms with Crippen LogP contribution >= 0.6 is 0 Å². The summed E-state index contributed by atoms with van der Waals surface area (Å²) >= 11 is 0. The monoisotopic (exact) mass is 531 g/mol. The third-order valence-corrected chi connectivity index (χ3v) is 6.44. The molecule has 1 amide bonds. The Kier molecular flexibility index (Phi) is 9.14. The molecule has 3 rings (SSSR count). The Balaban J connectivity index is 2.23. The topological polar surface area (TPSA) is 57.2 Å². The first-order valence-electron chi connectivity index (χ1n) is 12.0. The molecule has 0 aromatic heterocycles. The van der Waals surface area contributed by atoms with Gasteiger partial charge in [0.1, 0.15) is 11.5 Å². The SMILES string of the molecule is CCC(=O)N(Cc1ccc(OC)cc1OC)c1ccc(C(F)(F)F)cc1[C@H](C)c1cccc(OC)c1OC. The fourth-order valence-corrected chi connectivity index (χ4v) is 4.40. The van der Waals surface area contributed by atoms with Crippen LogP contribution in [0, 0.1) is 0 Å². The van der Waals surface area contributed by atoms with Gasteiger partial charge in [-0.1, -0.05) is 26.0 Å². The Morgan fingerprint density at radius 1 is 0.868 bits per heavy atom. The molecule has 3 aromatic carbocycles. The average Bonchev–Trinajstić information content (AvgIpc) is 2.93. The van der Waals surface area contributed by atoms with Gasteiger partial charge in [0.05, 0.1) is 40.5 Å². The molecule has 0 unspecified atom stereocenters. The van der Waals surface area contributed by atoms with Gasteiger partial charge in [-0.05, 0) is 42.0 Å². The van der Waals surface area contributed by atoms with Crippen molar-refractivity contribution in [1.29, 1.82) is 0 Å². The van der Waals surface area contributed by atoms with Gasteiger partial charge in [0, 0.05) is 35.2 Å². The molecule has 0 saturated heterocycles. The molecule has 0 heterocycles. The lowest BCUT2D eigenvalue weighted by atomic mass is 9.89. The number of methoxy groups -OCH3 is 4. The number of hydrogen-bond donors (Lipinski definition) is 0. The standard InChI is InChI=1S/C29H32F3NO5/c1-7-27(34)33(17-19-11-13-21(35-3)16-26(19)37-5)24-14-12-20(29(30,31)32)15-23(24)18(2)22-9-8-10-25(36-4)28(22)38-6/h8-16,18H,7,17H2,1-6H3/t18-/m1/s1. The summed E-state index contributed by atoms with van der Waals surface area (Å²) in [6.07, 6.45) is -4.42. The van der Waals surface area contributed by atoms with Crippen LogP contribution in [0.1, 0.15) is 48.4 Å². The highest BCUT2D eigenvalue weighted by Gasteiger charge is 2.33. The average molecular weight is 532 g/mol. The Labute approximate surface area is 220 Å². The van der Waals surface area contributed by atoms with Crippen molar-refractivity contribution in [1.82, 2.24) is 0 Å². The molecule has 0 fully saturated rings. The van der Waals surface area contributed by atoms with E-state index >= 15 is 0 Å². The van der Waals surface area contributed by atoms with Crippen molar-refractivity contribution in [2.75, 3.05) is 33.3 Å². The van der Waals surface area contributed by atoms with Crippen molar-refractivity contribution in [2.45, 2.75) is 38.9 Å². The first-order valence-corrected chi connectivity index (χ1v) is 12.0. The number of benzene rings is 3. The van der Waals surface area contributed by atoms with Crippen molar-refractivity contribution in [2.24, 2.45) is 0 Å². The lowest BCUT2D eigenvalue weighted by molar-refractivity contribution is -0.137. The van der Waals surface area contributed by atoms with Gasteiger partial charge in [-0.15, -0.1) is 0 Å². The van der Waals surface area contributed by atoms with E-state index in [1.54, 1.807) is 50.2 Å². The van der Waals surface area contributed by atoms with Gasteiger partial charge < -0.3 is 23.8 Å². The smallest absolute Gasteiger partial charge is 0.416 e. The number of nitrogens with zero attached hydrogens (tertiary/aromatic N) is 1. The quantitative estimate of drug-likeness (QED) is 0.287.